The summed E-state index contributed by atoms with van der Waals surface area (Å²) >= 11 is 0. The van der Waals surface area contributed by atoms with Gasteiger partial charge < -0.3 is 18.8 Å². The van der Waals surface area contributed by atoms with Crippen LogP contribution in [0, 0.1) is 12.1 Å². The molecule has 11 aromatic rings. The van der Waals surface area contributed by atoms with E-state index in [1.807, 2.05) is 72.9 Å². The number of benzene rings is 6. The zero-order chi connectivity index (χ0) is 33.0. The van der Waals surface area contributed by atoms with Gasteiger partial charge in [0.05, 0.1) is 5.52 Å². The third-order valence-electron chi connectivity index (χ3n) is 9.52. The van der Waals surface area contributed by atoms with Crippen molar-refractivity contribution in [3.8, 4) is 33.6 Å². The molecule has 5 heteroatoms. The second kappa shape index (κ2) is 12.6. The van der Waals surface area contributed by atoms with Crippen LogP contribution in [0.4, 0.5) is 0 Å². The van der Waals surface area contributed by atoms with Crippen molar-refractivity contribution in [2.24, 2.45) is 0 Å². The molecule has 0 atom stereocenters. The molecule has 4 nitrogen and oxygen atoms in total. The topological polar surface area (TPSA) is 43.3 Å². The number of hydrogen-bond donors (Lipinski definition) is 0. The van der Waals surface area contributed by atoms with Crippen LogP contribution in [-0.2, 0) is 20.1 Å². The molecule has 0 aliphatic heterocycles. The van der Waals surface area contributed by atoms with Crippen molar-refractivity contribution in [3.63, 3.8) is 0 Å². The summed E-state index contributed by atoms with van der Waals surface area (Å²) in [5.41, 5.74) is 11.8. The number of para-hydroxylation sites is 1. The number of fused-ring (bicyclic) bond motifs is 10. The van der Waals surface area contributed by atoms with E-state index in [1.54, 1.807) is 6.20 Å². The van der Waals surface area contributed by atoms with E-state index in [0.717, 1.165) is 44.6 Å². The molecule has 5 aromatic heterocycles. The minimum atomic E-state index is 0. The maximum atomic E-state index is 6.29. The Morgan fingerprint density at radius 2 is 1.22 bits per heavy atom. The molecule has 0 fully saturated rings. The van der Waals surface area contributed by atoms with Crippen LogP contribution in [0.2, 0.25) is 0 Å². The molecule has 51 heavy (non-hydrogen) atoms. The van der Waals surface area contributed by atoms with Gasteiger partial charge in [-0.3, -0.25) is 0 Å². The second-order valence-corrected chi connectivity index (χ2v) is 12.4. The fraction of sp³-hybridized carbons (Fsp3) is 0. The zero-order valence-corrected chi connectivity index (χ0v) is 29.6. The molecule has 0 aliphatic rings. The van der Waals surface area contributed by atoms with Crippen LogP contribution >= 0.6 is 0 Å². The van der Waals surface area contributed by atoms with Gasteiger partial charge in [-0.05, 0) is 75.9 Å². The molecule has 0 N–H and O–H groups in total. The van der Waals surface area contributed by atoms with E-state index in [4.69, 9.17) is 4.42 Å². The van der Waals surface area contributed by atoms with Gasteiger partial charge in [0.1, 0.15) is 11.2 Å². The quantitative estimate of drug-likeness (QED) is 0.167. The van der Waals surface area contributed by atoms with Crippen LogP contribution < -0.4 is 0 Å². The SMILES string of the molecule is [Ir].[c-]1cc2c(cc1-c1ccccn1)c1cc(-c3ccccc3)cc3c4c5c(ccc4n2c13)oc1ccccc15.[c-]1ccccc1-c1ccccn1. The summed E-state index contributed by atoms with van der Waals surface area (Å²) in [5.74, 6) is 0. The first-order valence-electron chi connectivity index (χ1n) is 16.7. The van der Waals surface area contributed by atoms with Gasteiger partial charge >= 0.3 is 0 Å². The van der Waals surface area contributed by atoms with Crippen molar-refractivity contribution in [1.29, 1.82) is 0 Å². The summed E-state index contributed by atoms with van der Waals surface area (Å²) in [6.07, 6.45) is 3.62. The first kappa shape index (κ1) is 30.9. The van der Waals surface area contributed by atoms with Gasteiger partial charge in [0.25, 0.3) is 0 Å². The summed E-state index contributed by atoms with van der Waals surface area (Å²) in [6, 6.07) is 58.7. The van der Waals surface area contributed by atoms with E-state index in [-0.39, 0.29) is 20.1 Å². The number of nitrogens with zero attached hydrogens (tertiary/aromatic N) is 3. The van der Waals surface area contributed by atoms with Crippen LogP contribution in [-0.4, -0.2) is 14.4 Å². The predicted octanol–water partition coefficient (Wildman–Crippen LogP) is 11.8. The molecule has 0 amide bonds. The Balaban J connectivity index is 0.000000228. The van der Waals surface area contributed by atoms with Crippen LogP contribution in [0.5, 0.6) is 0 Å². The molecule has 0 saturated heterocycles. The summed E-state index contributed by atoms with van der Waals surface area (Å²) in [4.78, 5) is 8.80. The van der Waals surface area contributed by atoms with Crippen LogP contribution in [0.3, 0.4) is 0 Å². The molecule has 0 spiro atoms. The number of pyridine rings is 2. The summed E-state index contributed by atoms with van der Waals surface area (Å²) in [6.45, 7) is 0. The molecule has 6 aromatic carbocycles. The Labute approximate surface area is 307 Å². The molecule has 0 bridgehead atoms. The Morgan fingerprint density at radius 3 is 1.98 bits per heavy atom. The maximum Gasteiger partial charge on any atom is 0.136 e. The maximum absolute atomic E-state index is 6.29. The standard InChI is InChI=1S/C35H19N2O.C11H8N.Ir/c1-2-8-21(9-3-1)23-19-26-25-18-22(28-11-6-7-17-36-28)13-14-29(25)37-30-15-16-32-34(33(30)27(20-23)35(26)37)24-10-4-5-12-31(24)38-32;1-2-6-10(7-3-1)11-8-4-5-9-12-11;/h1-12,14-20H;1-6,8-9H;/q2*-1;. The Hall–Kier alpha value is -6.13. The van der Waals surface area contributed by atoms with Gasteiger partial charge in [0, 0.05) is 59.6 Å². The van der Waals surface area contributed by atoms with E-state index >= 15 is 0 Å². The first-order chi connectivity index (χ1) is 24.8. The third kappa shape index (κ3) is 5.09. The van der Waals surface area contributed by atoms with Gasteiger partial charge in [-0.25, -0.2) is 0 Å². The molecule has 11 rings (SSSR count). The Bertz CT molecular complexity index is 2920. The molecule has 0 unspecified atom stereocenters. The van der Waals surface area contributed by atoms with Crippen molar-refractivity contribution in [1.82, 2.24) is 14.4 Å². The summed E-state index contributed by atoms with van der Waals surface area (Å²) < 4.78 is 8.70. The fourth-order valence-electron chi connectivity index (χ4n) is 7.33. The second-order valence-electron chi connectivity index (χ2n) is 12.4. The molecule has 243 valence electrons. The zero-order valence-electron chi connectivity index (χ0n) is 27.2. The number of aromatic nitrogens is 3. The van der Waals surface area contributed by atoms with Crippen LogP contribution in [0.25, 0.3) is 93.7 Å². The van der Waals surface area contributed by atoms with Crippen molar-refractivity contribution in [2.75, 3.05) is 0 Å². The van der Waals surface area contributed by atoms with Gasteiger partial charge in [-0.2, -0.15) is 0 Å². The normalized spacial score (nSPS) is 11.4. The van der Waals surface area contributed by atoms with E-state index < -0.39 is 0 Å². The minimum Gasteiger partial charge on any atom is -0.456 e. The van der Waals surface area contributed by atoms with Gasteiger partial charge in [0.2, 0.25) is 0 Å². The van der Waals surface area contributed by atoms with Crippen LogP contribution in [0.15, 0.2) is 168 Å². The van der Waals surface area contributed by atoms with E-state index in [1.165, 1.54) is 49.1 Å². The molecule has 1 radical (unpaired) electrons. The molecule has 0 aliphatic carbocycles. The molecular weight excluding hydrogens is 803 g/mol. The number of hydrogen-bond acceptors (Lipinski definition) is 3. The Kier molecular flexibility index (Phi) is 7.66. The van der Waals surface area contributed by atoms with Gasteiger partial charge in [-0.1, -0.05) is 78.2 Å². The average Bonchev–Trinajstić information content (AvgIpc) is 3.85. The number of furan rings is 1. The molecular formula is C46H27IrN3O-2. The fourth-order valence-corrected chi connectivity index (χ4v) is 7.33. The first-order valence-corrected chi connectivity index (χ1v) is 16.7. The minimum absolute atomic E-state index is 0. The Morgan fingerprint density at radius 1 is 0.490 bits per heavy atom. The predicted molar refractivity (Wildman–Crippen MR) is 204 cm³/mol. The van der Waals surface area contributed by atoms with Crippen LogP contribution in [0.1, 0.15) is 0 Å². The van der Waals surface area contributed by atoms with E-state index in [0.29, 0.717) is 0 Å². The van der Waals surface area contributed by atoms with Gasteiger partial charge in [-0.15, -0.1) is 59.7 Å². The van der Waals surface area contributed by atoms with E-state index in [9.17, 15) is 0 Å². The largest absolute Gasteiger partial charge is 0.456 e. The molecule has 5 heterocycles. The van der Waals surface area contributed by atoms with Crippen molar-refractivity contribution < 1.29 is 24.5 Å². The average molecular weight is 830 g/mol. The molecule has 0 saturated carbocycles. The monoisotopic (exact) mass is 830 g/mol. The smallest absolute Gasteiger partial charge is 0.136 e. The summed E-state index contributed by atoms with van der Waals surface area (Å²) in [7, 11) is 0. The van der Waals surface area contributed by atoms with Crippen molar-refractivity contribution in [2.45, 2.75) is 0 Å². The van der Waals surface area contributed by atoms with Crippen molar-refractivity contribution in [3.05, 3.63) is 176 Å². The van der Waals surface area contributed by atoms with Gasteiger partial charge in [0.15, 0.2) is 0 Å². The third-order valence-corrected chi connectivity index (χ3v) is 9.52. The van der Waals surface area contributed by atoms with Crippen molar-refractivity contribution >= 4 is 60.0 Å². The number of rotatable bonds is 3. The summed E-state index contributed by atoms with van der Waals surface area (Å²) in [5, 5.41) is 7.25. The van der Waals surface area contributed by atoms with E-state index in [2.05, 4.69) is 111 Å².